The summed E-state index contributed by atoms with van der Waals surface area (Å²) in [5.41, 5.74) is 3.42. The molecule has 6 heteroatoms. The number of Topliss-reactive ketones (excluding diaryl/α,β-unsaturated/α-hetero) is 1. The molecule has 0 aliphatic rings. The SMILES string of the molecule is CCCCc1cc(=O)oc2cc(OCC(=O)c3c(C)n(C)c4ccccc34)c(Cl)cc12. The first-order valence-corrected chi connectivity index (χ1v) is 10.7. The fourth-order valence-corrected chi connectivity index (χ4v) is 4.22. The maximum atomic E-state index is 13.0. The molecule has 160 valence electrons. The molecule has 0 radical (unpaired) electrons. The van der Waals surface area contributed by atoms with E-state index in [0.717, 1.165) is 46.8 Å². The van der Waals surface area contributed by atoms with Gasteiger partial charge in [-0.2, -0.15) is 0 Å². The Morgan fingerprint density at radius 2 is 1.94 bits per heavy atom. The minimum atomic E-state index is -0.408. The average Bonchev–Trinajstić information content (AvgIpc) is 3.01. The third-order valence-corrected chi connectivity index (χ3v) is 6.01. The topological polar surface area (TPSA) is 61.4 Å². The van der Waals surface area contributed by atoms with Gasteiger partial charge in [0.2, 0.25) is 5.78 Å². The molecular weight excluding hydrogens is 414 g/mol. The number of carbonyl (C=O) groups excluding carboxylic acids is 1. The Bertz CT molecular complexity index is 1350. The van der Waals surface area contributed by atoms with Crippen LogP contribution in [-0.2, 0) is 13.5 Å². The Balaban J connectivity index is 1.64. The van der Waals surface area contributed by atoms with Gasteiger partial charge in [0.25, 0.3) is 0 Å². The number of aryl methyl sites for hydroxylation is 2. The van der Waals surface area contributed by atoms with E-state index >= 15 is 0 Å². The first-order chi connectivity index (χ1) is 14.9. The normalized spacial score (nSPS) is 11.4. The van der Waals surface area contributed by atoms with Crippen molar-refractivity contribution in [3.8, 4) is 5.75 Å². The van der Waals surface area contributed by atoms with Crippen LogP contribution in [0.3, 0.4) is 0 Å². The number of fused-ring (bicyclic) bond motifs is 2. The van der Waals surface area contributed by atoms with Crippen LogP contribution in [0.5, 0.6) is 5.75 Å². The number of nitrogens with zero attached hydrogens (tertiary/aromatic N) is 1. The number of unbranched alkanes of at least 4 members (excludes halogenated alkanes) is 1. The maximum Gasteiger partial charge on any atom is 0.336 e. The number of carbonyl (C=O) groups is 1. The number of para-hydroxylation sites is 1. The smallest absolute Gasteiger partial charge is 0.336 e. The van der Waals surface area contributed by atoms with E-state index in [0.29, 0.717) is 21.9 Å². The van der Waals surface area contributed by atoms with Crippen molar-refractivity contribution in [2.45, 2.75) is 33.1 Å². The first kappa shape index (κ1) is 21.2. The Morgan fingerprint density at radius 1 is 1.16 bits per heavy atom. The first-order valence-electron chi connectivity index (χ1n) is 10.4. The van der Waals surface area contributed by atoms with Crippen LogP contribution >= 0.6 is 11.6 Å². The molecule has 0 bridgehead atoms. The van der Waals surface area contributed by atoms with Crippen molar-refractivity contribution in [2.24, 2.45) is 7.05 Å². The number of halogens is 1. The lowest BCUT2D eigenvalue weighted by Gasteiger charge is -2.11. The molecule has 4 rings (SSSR count). The molecule has 0 fully saturated rings. The van der Waals surface area contributed by atoms with Crippen LogP contribution in [0.1, 0.15) is 41.4 Å². The number of ketones is 1. The molecule has 0 aliphatic heterocycles. The summed E-state index contributed by atoms with van der Waals surface area (Å²) in [6.07, 6.45) is 2.76. The fraction of sp³-hybridized carbons (Fsp3) is 0.280. The van der Waals surface area contributed by atoms with Gasteiger partial charge in [-0.3, -0.25) is 4.79 Å². The monoisotopic (exact) mass is 437 g/mol. The minimum Gasteiger partial charge on any atom is -0.484 e. The van der Waals surface area contributed by atoms with Crippen LogP contribution in [0.15, 0.2) is 51.7 Å². The predicted molar refractivity (Wildman–Crippen MR) is 124 cm³/mol. The average molecular weight is 438 g/mol. The van der Waals surface area contributed by atoms with Crippen molar-refractivity contribution in [3.05, 3.63) is 74.7 Å². The molecule has 4 aromatic rings. The largest absolute Gasteiger partial charge is 0.484 e. The van der Waals surface area contributed by atoms with Gasteiger partial charge in [-0.05, 0) is 37.5 Å². The highest BCUT2D eigenvalue weighted by Crippen LogP contribution is 2.32. The van der Waals surface area contributed by atoms with Gasteiger partial charge >= 0.3 is 5.63 Å². The molecule has 31 heavy (non-hydrogen) atoms. The molecule has 0 saturated heterocycles. The molecule has 0 unspecified atom stereocenters. The highest BCUT2D eigenvalue weighted by atomic mass is 35.5. The minimum absolute atomic E-state index is 0.136. The van der Waals surface area contributed by atoms with E-state index in [2.05, 4.69) is 6.92 Å². The standard InChI is InChI=1S/C25H24ClNO4/c1-4-5-8-16-11-24(29)31-22-13-23(19(26)12-18(16)22)30-14-21(28)25-15(2)27(3)20-10-7-6-9-17(20)25/h6-7,9-13H,4-5,8,14H2,1-3H3. The van der Waals surface area contributed by atoms with Crippen molar-refractivity contribution in [3.63, 3.8) is 0 Å². The van der Waals surface area contributed by atoms with Gasteiger partial charge in [0.1, 0.15) is 11.3 Å². The zero-order chi connectivity index (χ0) is 22.1. The van der Waals surface area contributed by atoms with Crippen LogP contribution in [-0.4, -0.2) is 17.0 Å². The number of hydrogen-bond acceptors (Lipinski definition) is 4. The van der Waals surface area contributed by atoms with Gasteiger partial charge in [-0.25, -0.2) is 4.79 Å². The second-order valence-electron chi connectivity index (χ2n) is 7.72. The lowest BCUT2D eigenvalue weighted by atomic mass is 10.0. The van der Waals surface area contributed by atoms with Gasteiger partial charge in [-0.1, -0.05) is 43.1 Å². The van der Waals surface area contributed by atoms with Gasteiger partial charge in [0, 0.05) is 46.7 Å². The van der Waals surface area contributed by atoms with Crippen LogP contribution in [0.2, 0.25) is 5.02 Å². The summed E-state index contributed by atoms with van der Waals surface area (Å²) in [5, 5.41) is 2.07. The van der Waals surface area contributed by atoms with E-state index in [1.165, 1.54) is 6.07 Å². The number of benzene rings is 2. The van der Waals surface area contributed by atoms with E-state index in [1.54, 1.807) is 12.1 Å². The molecular formula is C25H24ClNO4. The van der Waals surface area contributed by atoms with Crippen LogP contribution in [0, 0.1) is 6.92 Å². The quantitative estimate of drug-likeness (QED) is 0.269. The Hall–Kier alpha value is -3.05. The molecule has 2 aromatic heterocycles. The molecule has 2 aromatic carbocycles. The molecule has 2 heterocycles. The molecule has 0 saturated carbocycles. The van der Waals surface area contributed by atoms with Gasteiger partial charge < -0.3 is 13.7 Å². The number of aromatic nitrogens is 1. The number of rotatable bonds is 7. The lowest BCUT2D eigenvalue weighted by molar-refractivity contribution is 0.0922. The van der Waals surface area contributed by atoms with E-state index in [1.807, 2.05) is 42.8 Å². The summed E-state index contributed by atoms with van der Waals surface area (Å²) in [7, 11) is 1.94. The second-order valence-corrected chi connectivity index (χ2v) is 8.13. The van der Waals surface area contributed by atoms with Crippen molar-refractivity contribution in [1.29, 1.82) is 0 Å². The van der Waals surface area contributed by atoms with Gasteiger partial charge in [-0.15, -0.1) is 0 Å². The molecule has 0 amide bonds. The summed E-state index contributed by atoms with van der Waals surface area (Å²) in [6, 6.07) is 12.6. The summed E-state index contributed by atoms with van der Waals surface area (Å²) < 4.78 is 13.1. The van der Waals surface area contributed by atoms with Crippen LogP contribution < -0.4 is 10.4 Å². The van der Waals surface area contributed by atoms with Crippen LogP contribution in [0.4, 0.5) is 0 Å². The van der Waals surface area contributed by atoms with Crippen molar-refractivity contribution in [2.75, 3.05) is 6.61 Å². The summed E-state index contributed by atoms with van der Waals surface area (Å²) in [5.74, 6) is 0.180. The third-order valence-electron chi connectivity index (χ3n) is 5.72. The second kappa shape index (κ2) is 8.60. The van der Waals surface area contributed by atoms with E-state index in [4.69, 9.17) is 20.8 Å². The third kappa shape index (κ3) is 3.98. The van der Waals surface area contributed by atoms with Gasteiger partial charge in [0.15, 0.2) is 6.61 Å². The summed E-state index contributed by atoms with van der Waals surface area (Å²) >= 11 is 6.45. The fourth-order valence-electron chi connectivity index (χ4n) is 4.00. The Kier molecular flexibility index (Phi) is 5.88. The zero-order valence-corrected chi connectivity index (χ0v) is 18.6. The van der Waals surface area contributed by atoms with Crippen molar-refractivity contribution < 1.29 is 13.9 Å². The summed E-state index contributed by atoms with van der Waals surface area (Å²) in [6.45, 7) is 3.85. The molecule has 0 atom stereocenters. The van der Waals surface area contributed by atoms with Crippen LogP contribution in [0.25, 0.3) is 21.9 Å². The highest BCUT2D eigenvalue weighted by Gasteiger charge is 2.19. The maximum absolute atomic E-state index is 13.0. The molecule has 5 nitrogen and oxygen atoms in total. The van der Waals surface area contributed by atoms with Gasteiger partial charge in [0.05, 0.1) is 5.02 Å². The number of hydrogen-bond donors (Lipinski definition) is 0. The highest BCUT2D eigenvalue weighted by molar-refractivity contribution is 6.32. The zero-order valence-electron chi connectivity index (χ0n) is 17.8. The Labute approximate surface area is 185 Å². The van der Waals surface area contributed by atoms with Crippen molar-refractivity contribution in [1.82, 2.24) is 4.57 Å². The van der Waals surface area contributed by atoms with E-state index in [-0.39, 0.29) is 12.4 Å². The summed E-state index contributed by atoms with van der Waals surface area (Å²) in [4.78, 5) is 25.0. The number of ether oxygens (including phenoxy) is 1. The molecule has 0 aliphatic carbocycles. The van der Waals surface area contributed by atoms with E-state index < -0.39 is 5.63 Å². The predicted octanol–water partition coefficient (Wildman–Crippen LogP) is 5.85. The molecule has 0 spiro atoms. The molecule has 0 N–H and O–H groups in total. The lowest BCUT2D eigenvalue weighted by Crippen LogP contribution is -2.13. The van der Waals surface area contributed by atoms with Crippen molar-refractivity contribution >= 4 is 39.3 Å². The van der Waals surface area contributed by atoms with E-state index in [9.17, 15) is 9.59 Å². The Morgan fingerprint density at radius 3 is 2.71 bits per heavy atom.